The fourth-order valence-corrected chi connectivity index (χ4v) is 6.85. The van der Waals surface area contributed by atoms with Crippen molar-refractivity contribution in [1.82, 2.24) is 0 Å². The maximum atomic E-state index is 12.9. The highest BCUT2D eigenvalue weighted by atomic mass is 16.6. The minimum absolute atomic E-state index is 0.143. The Morgan fingerprint density at radius 1 is 0.267 bits per heavy atom. The molecule has 0 N–H and O–H groups in total. The van der Waals surface area contributed by atoms with Crippen LogP contribution in [0.3, 0.4) is 0 Å². The minimum atomic E-state index is -0.850. The van der Waals surface area contributed by atoms with Crippen LogP contribution in [0.25, 0.3) is 0 Å². The van der Waals surface area contributed by atoms with E-state index < -0.39 is 6.10 Å². The molecule has 0 spiro atoms. The van der Waals surface area contributed by atoms with Gasteiger partial charge in [-0.1, -0.05) is 215 Å². The topological polar surface area (TPSA) is 78.9 Å². The van der Waals surface area contributed by atoms with E-state index >= 15 is 0 Å². The van der Waals surface area contributed by atoms with Crippen LogP contribution in [-0.4, -0.2) is 37.2 Å². The highest BCUT2D eigenvalue weighted by Crippen LogP contribution is 2.10. The van der Waals surface area contributed by atoms with Crippen LogP contribution >= 0.6 is 0 Å². The smallest absolute Gasteiger partial charge is 0.306 e. The maximum absolute atomic E-state index is 12.9. The van der Waals surface area contributed by atoms with Crippen molar-refractivity contribution in [3.05, 3.63) is 194 Å². The van der Waals surface area contributed by atoms with Crippen LogP contribution in [0.1, 0.15) is 201 Å². The predicted molar refractivity (Wildman–Crippen MR) is 324 cm³/mol. The molecule has 0 aliphatic heterocycles. The first-order valence-electron chi connectivity index (χ1n) is 28.9. The third-order valence-electron chi connectivity index (χ3n) is 11.1. The molecule has 6 heteroatoms. The summed E-state index contributed by atoms with van der Waals surface area (Å²) >= 11 is 0. The van der Waals surface area contributed by atoms with Crippen LogP contribution in [0.5, 0.6) is 0 Å². The lowest BCUT2D eigenvalue weighted by Crippen LogP contribution is -2.30. The molecule has 1 atom stereocenters. The molecule has 0 saturated carbocycles. The molecule has 0 bridgehead atoms. The molecule has 6 nitrogen and oxygen atoms in total. The number of ether oxygens (including phenoxy) is 3. The molecular formula is C69H102O6. The molecule has 0 aliphatic carbocycles. The van der Waals surface area contributed by atoms with Gasteiger partial charge in [0.15, 0.2) is 6.10 Å². The number of carbonyl (C=O) groups is 3. The molecule has 414 valence electrons. The first kappa shape index (κ1) is 69.2. The van der Waals surface area contributed by atoms with E-state index in [9.17, 15) is 14.4 Å². The maximum Gasteiger partial charge on any atom is 0.306 e. The van der Waals surface area contributed by atoms with Gasteiger partial charge in [0.2, 0.25) is 0 Å². The van der Waals surface area contributed by atoms with Crippen LogP contribution in [0, 0.1) is 0 Å². The van der Waals surface area contributed by atoms with Gasteiger partial charge in [0.1, 0.15) is 13.2 Å². The van der Waals surface area contributed by atoms with Crippen molar-refractivity contribution in [2.45, 2.75) is 207 Å². The summed E-state index contributed by atoms with van der Waals surface area (Å²) in [5.74, 6) is -1.08. The zero-order valence-electron chi connectivity index (χ0n) is 47.2. The Morgan fingerprint density at radius 3 is 0.693 bits per heavy atom. The van der Waals surface area contributed by atoms with E-state index in [1.54, 1.807) is 0 Å². The molecule has 1 unspecified atom stereocenters. The first-order valence-corrected chi connectivity index (χ1v) is 28.9. The zero-order chi connectivity index (χ0) is 54.3. The van der Waals surface area contributed by atoms with E-state index in [4.69, 9.17) is 14.2 Å². The van der Waals surface area contributed by atoms with Gasteiger partial charge in [-0.05, 0) is 161 Å². The SMILES string of the molecule is CC/C=C\C/C=C\C/C=C\C/C=C\C/C=C\C/C=C\CCCCC(=O)OCC(COC(=O)CCCC/C=C\C/C=C\C/C=C\C/C=C\CC)OC(=O)CCCC/C=C\C/C=C\C/C=C\C/C=C\C/C=C\C/C=C\CC. The van der Waals surface area contributed by atoms with E-state index in [0.29, 0.717) is 19.3 Å². The molecule has 0 radical (unpaired) electrons. The van der Waals surface area contributed by atoms with E-state index in [1.165, 1.54) is 0 Å². The Kier molecular flexibility index (Phi) is 56.1. The first-order chi connectivity index (χ1) is 37.0. The van der Waals surface area contributed by atoms with Crippen molar-refractivity contribution in [2.75, 3.05) is 13.2 Å². The highest BCUT2D eigenvalue weighted by molar-refractivity contribution is 5.71. The van der Waals surface area contributed by atoms with Gasteiger partial charge in [-0.3, -0.25) is 14.4 Å². The van der Waals surface area contributed by atoms with Gasteiger partial charge in [-0.15, -0.1) is 0 Å². The van der Waals surface area contributed by atoms with E-state index in [2.05, 4.69) is 215 Å². The average Bonchev–Trinajstić information content (AvgIpc) is 3.41. The van der Waals surface area contributed by atoms with Gasteiger partial charge in [-0.25, -0.2) is 0 Å². The van der Waals surface area contributed by atoms with Gasteiger partial charge in [0.25, 0.3) is 0 Å². The fourth-order valence-electron chi connectivity index (χ4n) is 6.85. The number of carbonyl (C=O) groups excluding carboxylic acids is 3. The monoisotopic (exact) mass is 1030 g/mol. The second-order valence-electron chi connectivity index (χ2n) is 18.0. The number of hydrogen-bond donors (Lipinski definition) is 0. The van der Waals surface area contributed by atoms with Gasteiger partial charge >= 0.3 is 17.9 Å². The van der Waals surface area contributed by atoms with Crippen molar-refractivity contribution < 1.29 is 28.6 Å². The lowest BCUT2D eigenvalue weighted by Gasteiger charge is -2.18. The number of hydrogen-bond acceptors (Lipinski definition) is 6. The van der Waals surface area contributed by atoms with Crippen molar-refractivity contribution in [3.8, 4) is 0 Å². The number of esters is 3. The highest BCUT2D eigenvalue weighted by Gasteiger charge is 2.19. The molecule has 0 aromatic heterocycles. The van der Waals surface area contributed by atoms with E-state index in [-0.39, 0.29) is 50.4 Å². The van der Waals surface area contributed by atoms with Crippen LogP contribution in [0.4, 0.5) is 0 Å². The summed E-state index contributed by atoms with van der Waals surface area (Å²) in [6, 6.07) is 0. The number of allylic oxidation sites excluding steroid dienone is 32. The van der Waals surface area contributed by atoms with Crippen LogP contribution < -0.4 is 0 Å². The number of rotatable bonds is 49. The lowest BCUT2D eigenvalue weighted by molar-refractivity contribution is -0.167. The van der Waals surface area contributed by atoms with Crippen LogP contribution in [0.2, 0.25) is 0 Å². The second kappa shape index (κ2) is 60.8. The Balaban J connectivity index is 4.65. The van der Waals surface area contributed by atoms with Crippen molar-refractivity contribution in [2.24, 2.45) is 0 Å². The van der Waals surface area contributed by atoms with Gasteiger partial charge in [-0.2, -0.15) is 0 Å². The molecular weight excluding hydrogens is 925 g/mol. The lowest BCUT2D eigenvalue weighted by atomic mass is 10.1. The Bertz CT molecular complexity index is 1850. The Hall–Kier alpha value is -5.75. The van der Waals surface area contributed by atoms with Crippen LogP contribution in [0.15, 0.2) is 194 Å². The van der Waals surface area contributed by atoms with Crippen molar-refractivity contribution in [1.29, 1.82) is 0 Å². The van der Waals surface area contributed by atoms with E-state index in [1.807, 2.05) is 0 Å². The largest absolute Gasteiger partial charge is 0.462 e. The molecule has 0 saturated heterocycles. The van der Waals surface area contributed by atoms with Crippen molar-refractivity contribution in [3.63, 3.8) is 0 Å². The molecule has 0 aromatic rings. The molecule has 0 aromatic carbocycles. The quantitative estimate of drug-likeness (QED) is 0.0261. The zero-order valence-corrected chi connectivity index (χ0v) is 47.2. The summed E-state index contributed by atoms with van der Waals surface area (Å²) in [4.78, 5) is 38.2. The summed E-state index contributed by atoms with van der Waals surface area (Å²) in [7, 11) is 0. The van der Waals surface area contributed by atoms with E-state index in [0.717, 1.165) is 141 Å². The Morgan fingerprint density at radius 2 is 0.467 bits per heavy atom. The summed E-state index contributed by atoms with van der Waals surface area (Å²) in [6.45, 7) is 6.16. The molecule has 75 heavy (non-hydrogen) atoms. The third-order valence-corrected chi connectivity index (χ3v) is 11.1. The minimum Gasteiger partial charge on any atom is -0.462 e. The fraction of sp³-hybridized carbons (Fsp3) is 0.493. The Labute approximate surface area is 458 Å². The van der Waals surface area contributed by atoms with Gasteiger partial charge in [0.05, 0.1) is 0 Å². The second-order valence-corrected chi connectivity index (χ2v) is 18.0. The van der Waals surface area contributed by atoms with Gasteiger partial charge in [0, 0.05) is 19.3 Å². The average molecular weight is 1030 g/mol. The summed E-state index contributed by atoms with van der Waals surface area (Å²) in [5, 5.41) is 0. The summed E-state index contributed by atoms with van der Waals surface area (Å²) < 4.78 is 16.8. The van der Waals surface area contributed by atoms with Crippen molar-refractivity contribution >= 4 is 17.9 Å². The normalized spacial score (nSPS) is 13.6. The molecule has 0 amide bonds. The number of unbranched alkanes of at least 4 members (excludes halogenated alkanes) is 6. The third kappa shape index (κ3) is 59.0. The summed E-state index contributed by atoms with van der Waals surface area (Å²) in [6.07, 6.45) is 92.8. The predicted octanol–water partition coefficient (Wildman–Crippen LogP) is 19.9. The van der Waals surface area contributed by atoms with Gasteiger partial charge < -0.3 is 14.2 Å². The molecule has 0 heterocycles. The molecule has 0 fully saturated rings. The molecule has 0 aliphatic rings. The van der Waals surface area contributed by atoms with Crippen LogP contribution in [-0.2, 0) is 28.6 Å². The standard InChI is InChI=1S/C69H102O6/c1-4-7-10-13-16-19-22-25-28-30-32-34-36-38-41-44-47-50-53-56-59-62-68(71)74-65-66(64-73-67(70)61-58-55-52-49-46-43-40-27-24-21-18-15-12-9-6-3)75-69(72)63-60-57-54-51-48-45-42-39-37-35-33-31-29-26-23-20-17-14-11-8-5-2/h7-12,16-21,25-29,32-35,38-42,46-51,66H,4-6,13-15,22-24,30-31,36-37,43-45,52-65H2,1-3H3/b10-7-,11-8-,12-9-,19-16-,20-17-,21-18-,28-25-,29-26-,34-32-,35-33-,40-27-,41-38-,42-39-,49-46-,50-47-,51-48-. The summed E-state index contributed by atoms with van der Waals surface area (Å²) in [5.41, 5.74) is 0. The molecule has 0 rings (SSSR count).